The molecule has 0 aliphatic rings. The SMILES string of the molecule is NC(=O)N(OCF)c1ccccc1. The van der Waals surface area contributed by atoms with Gasteiger partial charge in [-0.2, -0.15) is 5.06 Å². The van der Waals surface area contributed by atoms with E-state index < -0.39 is 12.9 Å². The normalized spacial score (nSPS) is 9.62. The molecule has 13 heavy (non-hydrogen) atoms. The number of anilines is 1. The minimum Gasteiger partial charge on any atom is -0.349 e. The summed E-state index contributed by atoms with van der Waals surface area (Å²) in [4.78, 5) is 15.1. The fraction of sp³-hybridized carbons (Fsp3) is 0.125. The molecule has 1 aromatic carbocycles. The van der Waals surface area contributed by atoms with E-state index in [1.165, 1.54) is 0 Å². The van der Waals surface area contributed by atoms with Gasteiger partial charge in [-0.15, -0.1) is 0 Å². The molecule has 0 aliphatic heterocycles. The molecule has 5 heteroatoms. The monoisotopic (exact) mass is 184 g/mol. The van der Waals surface area contributed by atoms with Gasteiger partial charge in [0.15, 0.2) is 0 Å². The van der Waals surface area contributed by atoms with E-state index in [9.17, 15) is 9.18 Å². The van der Waals surface area contributed by atoms with Crippen molar-refractivity contribution in [2.45, 2.75) is 0 Å². The van der Waals surface area contributed by atoms with Gasteiger partial charge in [0.2, 0.25) is 6.86 Å². The topological polar surface area (TPSA) is 55.6 Å². The molecule has 1 aromatic rings. The number of nitrogens with zero attached hydrogens (tertiary/aromatic N) is 1. The van der Waals surface area contributed by atoms with Gasteiger partial charge >= 0.3 is 6.03 Å². The molecule has 70 valence electrons. The van der Waals surface area contributed by atoms with Crippen LogP contribution in [-0.4, -0.2) is 12.9 Å². The first-order valence-corrected chi connectivity index (χ1v) is 3.59. The van der Waals surface area contributed by atoms with Crippen molar-refractivity contribution in [1.82, 2.24) is 0 Å². The molecule has 0 spiro atoms. The number of hydrogen-bond donors (Lipinski definition) is 1. The first kappa shape index (κ1) is 9.47. The predicted octanol–water partition coefficient (Wildman–Crippen LogP) is 1.43. The van der Waals surface area contributed by atoms with Crippen molar-refractivity contribution < 1.29 is 14.0 Å². The summed E-state index contributed by atoms with van der Waals surface area (Å²) < 4.78 is 11.8. The van der Waals surface area contributed by atoms with E-state index in [0.717, 1.165) is 0 Å². The Balaban J connectivity index is 2.82. The van der Waals surface area contributed by atoms with E-state index in [4.69, 9.17) is 5.73 Å². The zero-order valence-electron chi connectivity index (χ0n) is 6.81. The summed E-state index contributed by atoms with van der Waals surface area (Å²) in [5.41, 5.74) is 5.35. The van der Waals surface area contributed by atoms with Crippen LogP contribution in [0.1, 0.15) is 0 Å². The van der Waals surface area contributed by atoms with E-state index in [1.54, 1.807) is 30.3 Å². The molecule has 4 nitrogen and oxygen atoms in total. The van der Waals surface area contributed by atoms with Crippen LogP contribution in [0.4, 0.5) is 14.9 Å². The van der Waals surface area contributed by atoms with Gasteiger partial charge in [-0.1, -0.05) is 18.2 Å². The van der Waals surface area contributed by atoms with Gasteiger partial charge in [0.25, 0.3) is 0 Å². The number of benzene rings is 1. The number of amides is 2. The lowest BCUT2D eigenvalue weighted by atomic mass is 10.3. The third-order valence-electron chi connectivity index (χ3n) is 1.37. The number of primary amides is 1. The van der Waals surface area contributed by atoms with Crippen LogP contribution in [0, 0.1) is 0 Å². The lowest BCUT2D eigenvalue weighted by Crippen LogP contribution is -2.35. The lowest BCUT2D eigenvalue weighted by Gasteiger charge is -2.16. The van der Waals surface area contributed by atoms with Crippen LogP contribution in [0.15, 0.2) is 30.3 Å². The van der Waals surface area contributed by atoms with Gasteiger partial charge in [-0.25, -0.2) is 14.0 Å². The highest BCUT2D eigenvalue weighted by Crippen LogP contribution is 2.12. The van der Waals surface area contributed by atoms with E-state index in [0.29, 0.717) is 10.8 Å². The van der Waals surface area contributed by atoms with Gasteiger partial charge in [0.05, 0.1) is 5.69 Å². The highest BCUT2D eigenvalue weighted by molar-refractivity contribution is 5.88. The van der Waals surface area contributed by atoms with Crippen molar-refractivity contribution >= 4 is 11.7 Å². The van der Waals surface area contributed by atoms with Crippen LogP contribution in [0.5, 0.6) is 0 Å². The predicted molar refractivity (Wildman–Crippen MR) is 45.6 cm³/mol. The van der Waals surface area contributed by atoms with Crippen molar-refractivity contribution in [3.05, 3.63) is 30.3 Å². The Morgan fingerprint density at radius 1 is 1.46 bits per heavy atom. The van der Waals surface area contributed by atoms with Gasteiger partial charge in [-0.05, 0) is 12.1 Å². The molecule has 1 rings (SSSR count). The highest BCUT2D eigenvalue weighted by Gasteiger charge is 2.11. The van der Waals surface area contributed by atoms with Crippen LogP contribution in [0.3, 0.4) is 0 Å². The van der Waals surface area contributed by atoms with Crippen molar-refractivity contribution in [3.63, 3.8) is 0 Å². The van der Waals surface area contributed by atoms with Crippen LogP contribution < -0.4 is 10.8 Å². The smallest absolute Gasteiger partial charge is 0.343 e. The Labute approximate surface area is 74.7 Å². The van der Waals surface area contributed by atoms with Gasteiger partial charge in [0, 0.05) is 0 Å². The van der Waals surface area contributed by atoms with E-state index in [1.807, 2.05) is 0 Å². The van der Waals surface area contributed by atoms with Gasteiger partial charge in [0.1, 0.15) is 0 Å². The minimum atomic E-state index is -1.10. The van der Waals surface area contributed by atoms with E-state index in [2.05, 4.69) is 4.84 Å². The number of nitrogens with two attached hydrogens (primary N) is 1. The maximum atomic E-state index is 11.8. The highest BCUT2D eigenvalue weighted by atomic mass is 19.1. The number of hydrogen-bond acceptors (Lipinski definition) is 2. The molecule has 0 saturated carbocycles. The van der Waals surface area contributed by atoms with Crippen LogP contribution in [0.2, 0.25) is 0 Å². The van der Waals surface area contributed by atoms with Gasteiger partial charge < -0.3 is 5.73 Å². The largest absolute Gasteiger partial charge is 0.349 e. The molecule has 0 heterocycles. The number of carbonyl (C=O) groups excluding carboxylic acids is 1. The Morgan fingerprint density at radius 3 is 2.54 bits per heavy atom. The summed E-state index contributed by atoms with van der Waals surface area (Å²) in [6.45, 7) is -1.10. The third kappa shape index (κ3) is 2.41. The third-order valence-corrected chi connectivity index (χ3v) is 1.37. The van der Waals surface area contributed by atoms with Gasteiger partial charge in [-0.3, -0.25) is 0 Å². The molecule has 0 fully saturated rings. The summed E-state index contributed by atoms with van der Waals surface area (Å²) in [7, 11) is 0. The Hall–Kier alpha value is -1.62. The zero-order chi connectivity index (χ0) is 9.68. The average molecular weight is 184 g/mol. The summed E-state index contributed by atoms with van der Waals surface area (Å²) in [5, 5.41) is 0.694. The molecular weight excluding hydrogens is 175 g/mol. The second-order valence-corrected chi connectivity index (χ2v) is 2.21. The summed E-state index contributed by atoms with van der Waals surface area (Å²) in [6, 6.07) is 7.45. The second kappa shape index (κ2) is 4.42. The lowest BCUT2D eigenvalue weighted by molar-refractivity contribution is 0.0522. The van der Waals surface area contributed by atoms with Crippen molar-refractivity contribution in [2.75, 3.05) is 11.9 Å². The molecule has 0 aromatic heterocycles. The number of hydroxylamine groups is 1. The Kier molecular flexibility index (Phi) is 3.22. The quantitative estimate of drug-likeness (QED) is 0.722. The fourth-order valence-corrected chi connectivity index (χ4v) is 0.878. The summed E-state index contributed by atoms with van der Waals surface area (Å²) >= 11 is 0. The Bertz CT molecular complexity index is 279. The molecule has 0 saturated heterocycles. The fourth-order valence-electron chi connectivity index (χ4n) is 0.878. The maximum Gasteiger partial charge on any atom is 0.343 e. The number of halogens is 1. The van der Waals surface area contributed by atoms with Crippen molar-refractivity contribution in [2.24, 2.45) is 5.73 Å². The second-order valence-electron chi connectivity index (χ2n) is 2.21. The van der Waals surface area contributed by atoms with Crippen molar-refractivity contribution in [1.29, 1.82) is 0 Å². The number of urea groups is 1. The molecule has 2 amide bonds. The summed E-state index contributed by atoms with van der Waals surface area (Å²) in [6.07, 6.45) is 0. The molecule has 0 bridgehead atoms. The molecule has 0 atom stereocenters. The van der Waals surface area contributed by atoms with Crippen LogP contribution in [0.25, 0.3) is 0 Å². The first-order valence-electron chi connectivity index (χ1n) is 3.59. The molecule has 2 N–H and O–H groups in total. The standard InChI is InChI=1S/C8H9FN2O2/c9-6-13-11(8(10)12)7-4-2-1-3-5-7/h1-5H,6H2,(H2,10,12). The first-order chi connectivity index (χ1) is 6.25. The number of para-hydroxylation sites is 1. The molecule has 0 unspecified atom stereocenters. The number of rotatable bonds is 3. The Morgan fingerprint density at radius 2 is 2.08 bits per heavy atom. The maximum absolute atomic E-state index is 11.8. The number of alkyl halides is 1. The van der Waals surface area contributed by atoms with Crippen LogP contribution in [-0.2, 0) is 4.84 Å². The average Bonchev–Trinajstić information content (AvgIpc) is 2.15. The van der Waals surface area contributed by atoms with E-state index >= 15 is 0 Å². The number of carbonyl (C=O) groups is 1. The molecule has 0 aliphatic carbocycles. The minimum absolute atomic E-state index is 0.396. The zero-order valence-corrected chi connectivity index (χ0v) is 6.81. The van der Waals surface area contributed by atoms with Crippen molar-refractivity contribution in [3.8, 4) is 0 Å². The molecular formula is C8H9FN2O2. The van der Waals surface area contributed by atoms with Crippen LogP contribution >= 0.6 is 0 Å². The van der Waals surface area contributed by atoms with E-state index in [-0.39, 0.29) is 0 Å². The summed E-state index contributed by atoms with van der Waals surface area (Å²) in [5.74, 6) is 0. The molecule has 0 radical (unpaired) electrons.